The van der Waals surface area contributed by atoms with Crippen LogP contribution in [0.15, 0.2) is 0 Å². The van der Waals surface area contributed by atoms with Gasteiger partial charge in [0, 0.05) is 12.5 Å². The number of rotatable bonds is 0. The molecule has 1 aliphatic heterocycles. The third-order valence-electron chi connectivity index (χ3n) is 1.96. The average molecular weight is 141 g/mol. The van der Waals surface area contributed by atoms with Crippen molar-refractivity contribution >= 4 is 13.9 Å². The summed E-state index contributed by atoms with van der Waals surface area (Å²) in [4.78, 5) is 12.7. The van der Waals surface area contributed by atoms with Crippen LogP contribution in [0.5, 0.6) is 0 Å². The minimum absolute atomic E-state index is 0.190. The summed E-state index contributed by atoms with van der Waals surface area (Å²) >= 11 is 0. The zero-order chi connectivity index (χ0) is 7.56. The smallest absolute Gasteiger partial charge is 0.409 e. The van der Waals surface area contributed by atoms with Crippen LogP contribution in [0, 0.1) is 0 Å². The summed E-state index contributed by atoms with van der Waals surface area (Å²) in [5, 5.41) is 0. The van der Waals surface area contributed by atoms with Crippen LogP contribution in [-0.4, -0.2) is 38.4 Å². The Labute approximate surface area is 61.7 Å². The van der Waals surface area contributed by atoms with E-state index in [-0.39, 0.29) is 6.09 Å². The first kappa shape index (κ1) is 7.44. The number of ether oxygens (including phenoxy) is 1. The van der Waals surface area contributed by atoms with Gasteiger partial charge in [-0.3, -0.25) is 0 Å². The largest absolute Gasteiger partial charge is 0.453 e. The first-order valence-corrected chi connectivity index (χ1v) is 3.60. The van der Waals surface area contributed by atoms with Gasteiger partial charge in [-0.1, -0.05) is 0 Å². The lowest BCUT2D eigenvalue weighted by molar-refractivity contribution is 0.129. The van der Waals surface area contributed by atoms with E-state index in [0.29, 0.717) is 5.94 Å². The molecule has 1 saturated heterocycles. The molecular formula is C6H12BNO2. The second-order valence-corrected chi connectivity index (χ2v) is 2.65. The molecule has 0 bridgehead atoms. The first-order chi connectivity index (χ1) is 4.75. The van der Waals surface area contributed by atoms with Gasteiger partial charge >= 0.3 is 6.09 Å². The van der Waals surface area contributed by atoms with Crippen molar-refractivity contribution in [3.05, 3.63) is 0 Å². The molecule has 1 rings (SSSR count). The topological polar surface area (TPSA) is 29.5 Å². The minimum Gasteiger partial charge on any atom is -0.453 e. The summed E-state index contributed by atoms with van der Waals surface area (Å²) in [5.41, 5.74) is 0. The van der Waals surface area contributed by atoms with Crippen LogP contribution in [-0.2, 0) is 4.74 Å². The van der Waals surface area contributed by atoms with Crippen LogP contribution < -0.4 is 0 Å². The van der Waals surface area contributed by atoms with Crippen LogP contribution >= 0.6 is 0 Å². The molecule has 0 N–H and O–H groups in total. The van der Waals surface area contributed by atoms with Crippen molar-refractivity contribution in [1.82, 2.24) is 4.90 Å². The number of hydrogen-bond acceptors (Lipinski definition) is 2. The Bertz CT molecular complexity index is 140. The van der Waals surface area contributed by atoms with Crippen LogP contribution in [0.4, 0.5) is 4.79 Å². The van der Waals surface area contributed by atoms with Gasteiger partial charge in [-0.25, -0.2) is 4.79 Å². The molecule has 3 nitrogen and oxygen atoms in total. The van der Waals surface area contributed by atoms with Crippen molar-refractivity contribution in [3.63, 3.8) is 0 Å². The Balaban J connectivity index is 2.46. The van der Waals surface area contributed by atoms with E-state index >= 15 is 0 Å². The molecule has 1 heterocycles. The highest BCUT2D eigenvalue weighted by molar-refractivity contribution is 6.12. The van der Waals surface area contributed by atoms with E-state index < -0.39 is 0 Å². The van der Waals surface area contributed by atoms with E-state index in [1.807, 2.05) is 7.85 Å². The molecule has 1 fully saturated rings. The van der Waals surface area contributed by atoms with E-state index in [4.69, 9.17) is 0 Å². The Kier molecular flexibility index (Phi) is 2.19. The number of nitrogens with zero attached hydrogens (tertiary/aromatic N) is 1. The summed E-state index contributed by atoms with van der Waals surface area (Å²) in [5.74, 6) is 0.368. The van der Waals surface area contributed by atoms with Crippen LogP contribution in [0.25, 0.3) is 0 Å². The highest BCUT2D eigenvalue weighted by atomic mass is 16.5. The summed E-state index contributed by atoms with van der Waals surface area (Å²) in [7, 11) is 3.47. The van der Waals surface area contributed by atoms with Gasteiger partial charge in [0.2, 0.25) is 0 Å². The van der Waals surface area contributed by atoms with Gasteiger partial charge in [0.25, 0.3) is 0 Å². The lowest BCUT2D eigenvalue weighted by Crippen LogP contribution is -2.35. The predicted molar refractivity (Wildman–Crippen MR) is 40.7 cm³/mol. The third kappa shape index (κ3) is 1.25. The van der Waals surface area contributed by atoms with E-state index in [0.717, 1.165) is 19.4 Å². The molecule has 0 aromatic rings. The van der Waals surface area contributed by atoms with Crippen LogP contribution in [0.2, 0.25) is 0 Å². The van der Waals surface area contributed by atoms with Crippen molar-refractivity contribution < 1.29 is 9.53 Å². The van der Waals surface area contributed by atoms with Gasteiger partial charge in [-0.05, 0) is 12.8 Å². The van der Waals surface area contributed by atoms with Crippen LogP contribution in [0.3, 0.4) is 0 Å². The van der Waals surface area contributed by atoms with Crippen molar-refractivity contribution in [1.29, 1.82) is 0 Å². The quantitative estimate of drug-likeness (QED) is 0.437. The summed E-state index contributed by atoms with van der Waals surface area (Å²) in [6.07, 6.45) is 2.02. The predicted octanol–water partition coefficient (Wildman–Crippen LogP) is -0.192. The zero-order valence-corrected chi connectivity index (χ0v) is 6.46. The Morgan fingerprint density at radius 1 is 1.80 bits per heavy atom. The van der Waals surface area contributed by atoms with E-state index in [9.17, 15) is 4.79 Å². The first-order valence-electron chi connectivity index (χ1n) is 3.60. The van der Waals surface area contributed by atoms with Gasteiger partial charge in [0.05, 0.1) is 7.11 Å². The van der Waals surface area contributed by atoms with Crippen LogP contribution in [0.1, 0.15) is 12.8 Å². The Morgan fingerprint density at radius 3 is 2.90 bits per heavy atom. The highest BCUT2D eigenvalue weighted by Gasteiger charge is 2.24. The Hall–Kier alpha value is -0.665. The van der Waals surface area contributed by atoms with Gasteiger partial charge in [0.15, 0.2) is 0 Å². The molecule has 10 heavy (non-hydrogen) atoms. The molecule has 0 aliphatic carbocycles. The maximum atomic E-state index is 10.9. The molecule has 0 radical (unpaired) electrons. The minimum atomic E-state index is -0.190. The highest BCUT2D eigenvalue weighted by Crippen LogP contribution is 2.14. The maximum absolute atomic E-state index is 10.9. The number of carbonyl (C=O) groups excluding carboxylic acids is 1. The van der Waals surface area contributed by atoms with E-state index in [1.165, 1.54) is 7.11 Å². The molecule has 0 aromatic carbocycles. The van der Waals surface area contributed by atoms with Gasteiger partial charge in [0.1, 0.15) is 7.85 Å². The standard InChI is InChI=1S/C6H12BNO2/c1-10-6(9)8-4-2-3-5(8)7/h5H,2-4,7H2,1H3. The molecule has 0 spiro atoms. The molecule has 1 aliphatic rings. The third-order valence-corrected chi connectivity index (χ3v) is 1.96. The SMILES string of the molecule is BC1CCCN1C(=O)OC. The summed E-state index contributed by atoms with van der Waals surface area (Å²) in [6, 6.07) is 0. The molecular weight excluding hydrogens is 129 g/mol. The second-order valence-electron chi connectivity index (χ2n) is 2.65. The second kappa shape index (κ2) is 2.95. The number of carbonyl (C=O) groups is 1. The van der Waals surface area contributed by atoms with Crippen molar-refractivity contribution in [2.75, 3.05) is 13.7 Å². The Morgan fingerprint density at radius 2 is 2.50 bits per heavy atom. The van der Waals surface area contributed by atoms with Gasteiger partial charge in [-0.15, -0.1) is 0 Å². The summed E-state index contributed by atoms with van der Waals surface area (Å²) in [6.45, 7) is 0.855. The van der Waals surface area contributed by atoms with Gasteiger partial charge in [-0.2, -0.15) is 0 Å². The fraction of sp³-hybridized carbons (Fsp3) is 0.833. The number of likely N-dealkylation sites (tertiary alicyclic amines) is 1. The fourth-order valence-corrected chi connectivity index (χ4v) is 1.32. The number of amides is 1. The molecule has 1 amide bonds. The fourth-order valence-electron chi connectivity index (χ4n) is 1.32. The molecule has 1 atom stereocenters. The van der Waals surface area contributed by atoms with Crippen molar-refractivity contribution in [2.45, 2.75) is 18.8 Å². The molecule has 56 valence electrons. The molecule has 4 heteroatoms. The van der Waals surface area contributed by atoms with E-state index in [1.54, 1.807) is 4.90 Å². The summed E-state index contributed by atoms with van der Waals surface area (Å²) < 4.78 is 4.59. The molecule has 1 unspecified atom stereocenters. The van der Waals surface area contributed by atoms with Crippen molar-refractivity contribution in [2.24, 2.45) is 0 Å². The maximum Gasteiger partial charge on any atom is 0.409 e. The molecule has 0 saturated carbocycles. The lowest BCUT2D eigenvalue weighted by atomic mass is 9.94. The number of hydrogen-bond donors (Lipinski definition) is 0. The zero-order valence-electron chi connectivity index (χ0n) is 6.46. The van der Waals surface area contributed by atoms with E-state index in [2.05, 4.69) is 4.74 Å². The monoisotopic (exact) mass is 141 g/mol. The lowest BCUT2D eigenvalue weighted by Gasteiger charge is -2.19. The normalized spacial score (nSPS) is 24.9. The number of methoxy groups -OCH3 is 1. The van der Waals surface area contributed by atoms with Crippen molar-refractivity contribution in [3.8, 4) is 0 Å². The molecule has 0 aromatic heterocycles. The van der Waals surface area contributed by atoms with Gasteiger partial charge < -0.3 is 9.64 Å². The average Bonchev–Trinajstić information content (AvgIpc) is 2.34.